The minimum atomic E-state index is -3.77. The summed E-state index contributed by atoms with van der Waals surface area (Å²) in [5, 5.41) is 3.75. The number of amides is 1. The van der Waals surface area contributed by atoms with Gasteiger partial charge < -0.3 is 9.42 Å². The SMILES string of the molecule is Cc1noc(C)c1S(=O)(=O)N1CCC[C@H]1C(=O)N1CCC(C)CC1. The molecule has 1 aromatic rings. The highest BCUT2D eigenvalue weighted by Gasteiger charge is 2.43. The average molecular weight is 355 g/mol. The summed E-state index contributed by atoms with van der Waals surface area (Å²) in [6.45, 7) is 7.19. The average Bonchev–Trinajstić information content (AvgIpc) is 3.15. The van der Waals surface area contributed by atoms with Crippen LogP contribution in [0.5, 0.6) is 0 Å². The molecule has 0 aromatic carbocycles. The van der Waals surface area contributed by atoms with Gasteiger partial charge in [0.15, 0.2) is 5.76 Å². The van der Waals surface area contributed by atoms with E-state index in [1.165, 1.54) is 4.31 Å². The van der Waals surface area contributed by atoms with E-state index in [-0.39, 0.29) is 16.6 Å². The van der Waals surface area contributed by atoms with Crippen molar-refractivity contribution in [2.75, 3.05) is 19.6 Å². The highest BCUT2D eigenvalue weighted by molar-refractivity contribution is 7.89. The van der Waals surface area contributed by atoms with Crippen LogP contribution in [0.2, 0.25) is 0 Å². The Bertz CT molecular complexity index is 700. The summed E-state index contributed by atoms with van der Waals surface area (Å²) in [4.78, 5) is 14.8. The second-order valence-electron chi connectivity index (χ2n) is 6.93. The normalized spacial score (nSPS) is 23.8. The number of hydrogen-bond donors (Lipinski definition) is 0. The van der Waals surface area contributed by atoms with Crippen LogP contribution < -0.4 is 0 Å². The van der Waals surface area contributed by atoms with Crippen LogP contribution in [0.25, 0.3) is 0 Å². The Balaban J connectivity index is 1.84. The highest BCUT2D eigenvalue weighted by Crippen LogP contribution is 2.31. The lowest BCUT2D eigenvalue weighted by atomic mass is 9.98. The van der Waals surface area contributed by atoms with Crippen LogP contribution in [0.15, 0.2) is 9.42 Å². The highest BCUT2D eigenvalue weighted by atomic mass is 32.2. The predicted octanol–water partition coefficient (Wildman–Crippen LogP) is 1.70. The first kappa shape index (κ1) is 17.4. The molecule has 2 fully saturated rings. The summed E-state index contributed by atoms with van der Waals surface area (Å²) in [7, 11) is -3.77. The molecule has 0 saturated carbocycles. The summed E-state index contributed by atoms with van der Waals surface area (Å²) in [6.07, 6.45) is 3.24. The topological polar surface area (TPSA) is 83.7 Å². The molecule has 8 heteroatoms. The number of carbonyl (C=O) groups excluding carboxylic acids is 1. The van der Waals surface area contributed by atoms with Crippen molar-refractivity contribution in [3.63, 3.8) is 0 Å². The van der Waals surface area contributed by atoms with E-state index in [1.54, 1.807) is 13.8 Å². The van der Waals surface area contributed by atoms with Gasteiger partial charge in [-0.25, -0.2) is 8.42 Å². The van der Waals surface area contributed by atoms with Gasteiger partial charge in [0.2, 0.25) is 15.9 Å². The fourth-order valence-corrected chi connectivity index (χ4v) is 5.62. The Morgan fingerprint density at radius 2 is 1.83 bits per heavy atom. The van der Waals surface area contributed by atoms with Crippen molar-refractivity contribution in [3.8, 4) is 0 Å². The molecule has 1 aromatic heterocycles. The molecular formula is C16H25N3O4S. The van der Waals surface area contributed by atoms with Crippen molar-refractivity contribution in [1.82, 2.24) is 14.4 Å². The fraction of sp³-hybridized carbons (Fsp3) is 0.750. The first-order valence-electron chi connectivity index (χ1n) is 8.56. The molecule has 3 heterocycles. The molecule has 2 saturated heterocycles. The zero-order valence-corrected chi connectivity index (χ0v) is 15.3. The number of hydrogen-bond acceptors (Lipinski definition) is 5. The maximum atomic E-state index is 13.0. The van der Waals surface area contributed by atoms with Crippen LogP contribution in [0.1, 0.15) is 44.1 Å². The zero-order valence-electron chi connectivity index (χ0n) is 14.5. The van der Waals surface area contributed by atoms with Crippen molar-refractivity contribution in [1.29, 1.82) is 0 Å². The number of rotatable bonds is 3. The van der Waals surface area contributed by atoms with Crippen LogP contribution in [-0.2, 0) is 14.8 Å². The predicted molar refractivity (Wildman–Crippen MR) is 87.9 cm³/mol. The van der Waals surface area contributed by atoms with Crippen molar-refractivity contribution in [3.05, 3.63) is 11.5 Å². The molecule has 0 spiro atoms. The molecule has 134 valence electrons. The molecule has 0 unspecified atom stereocenters. The Labute approximate surface area is 143 Å². The van der Waals surface area contributed by atoms with Crippen molar-refractivity contribution < 1.29 is 17.7 Å². The van der Waals surface area contributed by atoms with Gasteiger partial charge in [-0.1, -0.05) is 12.1 Å². The van der Waals surface area contributed by atoms with Gasteiger partial charge in [-0.3, -0.25) is 4.79 Å². The quantitative estimate of drug-likeness (QED) is 0.824. The summed E-state index contributed by atoms with van der Waals surface area (Å²) in [5.41, 5.74) is 0.345. The Hall–Kier alpha value is -1.41. The Morgan fingerprint density at radius 3 is 2.42 bits per heavy atom. The van der Waals surface area contributed by atoms with E-state index in [0.717, 1.165) is 25.9 Å². The van der Waals surface area contributed by atoms with Crippen molar-refractivity contribution >= 4 is 15.9 Å². The smallest absolute Gasteiger partial charge is 0.249 e. The van der Waals surface area contributed by atoms with Crippen LogP contribution >= 0.6 is 0 Å². The van der Waals surface area contributed by atoms with Gasteiger partial charge in [0.1, 0.15) is 16.6 Å². The first-order chi connectivity index (χ1) is 11.3. The molecule has 7 nitrogen and oxygen atoms in total. The zero-order chi connectivity index (χ0) is 17.5. The summed E-state index contributed by atoms with van der Waals surface area (Å²) < 4.78 is 32.4. The van der Waals surface area contributed by atoms with Gasteiger partial charge in [0.05, 0.1) is 0 Å². The summed E-state index contributed by atoms with van der Waals surface area (Å²) in [5.74, 6) is 0.840. The molecule has 1 amide bonds. The monoisotopic (exact) mass is 355 g/mol. The number of aromatic nitrogens is 1. The molecule has 0 N–H and O–H groups in total. The fourth-order valence-electron chi connectivity index (χ4n) is 3.67. The number of nitrogens with zero attached hydrogens (tertiary/aromatic N) is 3. The summed E-state index contributed by atoms with van der Waals surface area (Å²) in [6, 6.07) is -0.600. The van der Waals surface area contributed by atoms with E-state index in [1.807, 2.05) is 4.90 Å². The second-order valence-corrected chi connectivity index (χ2v) is 8.76. The van der Waals surface area contributed by atoms with E-state index in [9.17, 15) is 13.2 Å². The number of carbonyl (C=O) groups is 1. The molecule has 1 atom stereocenters. The van der Waals surface area contributed by atoms with Gasteiger partial charge in [0.25, 0.3) is 0 Å². The van der Waals surface area contributed by atoms with Gasteiger partial charge >= 0.3 is 0 Å². The maximum absolute atomic E-state index is 13.0. The molecule has 0 aliphatic carbocycles. The molecule has 24 heavy (non-hydrogen) atoms. The van der Waals surface area contributed by atoms with Crippen LogP contribution in [0.3, 0.4) is 0 Å². The number of likely N-dealkylation sites (tertiary alicyclic amines) is 1. The number of piperidine rings is 1. The molecule has 0 radical (unpaired) electrons. The largest absolute Gasteiger partial charge is 0.360 e. The Morgan fingerprint density at radius 1 is 1.17 bits per heavy atom. The van der Waals surface area contributed by atoms with Gasteiger partial charge in [-0.15, -0.1) is 0 Å². The van der Waals surface area contributed by atoms with Crippen LogP contribution in [-0.4, -0.2) is 54.4 Å². The molecule has 2 aliphatic rings. The Kier molecular flexibility index (Phi) is 4.70. The summed E-state index contributed by atoms with van der Waals surface area (Å²) >= 11 is 0. The third kappa shape index (κ3) is 2.97. The molecular weight excluding hydrogens is 330 g/mol. The van der Waals surface area contributed by atoms with E-state index >= 15 is 0 Å². The maximum Gasteiger partial charge on any atom is 0.249 e. The van der Waals surface area contributed by atoms with Gasteiger partial charge in [-0.2, -0.15) is 4.31 Å². The van der Waals surface area contributed by atoms with Gasteiger partial charge in [-0.05, 0) is 45.4 Å². The van der Waals surface area contributed by atoms with E-state index in [0.29, 0.717) is 31.0 Å². The lowest BCUT2D eigenvalue weighted by Gasteiger charge is -2.34. The number of sulfonamides is 1. The number of aryl methyl sites for hydroxylation is 2. The second kappa shape index (κ2) is 6.48. The lowest BCUT2D eigenvalue weighted by Crippen LogP contribution is -2.49. The molecule has 2 aliphatic heterocycles. The third-order valence-electron chi connectivity index (χ3n) is 5.12. The third-order valence-corrected chi connectivity index (χ3v) is 7.27. The molecule has 0 bridgehead atoms. The first-order valence-corrected chi connectivity index (χ1v) is 10.00. The van der Waals surface area contributed by atoms with Gasteiger partial charge in [0, 0.05) is 19.6 Å². The van der Waals surface area contributed by atoms with E-state index in [4.69, 9.17) is 4.52 Å². The van der Waals surface area contributed by atoms with Crippen LogP contribution in [0, 0.1) is 19.8 Å². The lowest BCUT2D eigenvalue weighted by molar-refractivity contribution is -0.135. The van der Waals surface area contributed by atoms with E-state index < -0.39 is 16.1 Å². The minimum absolute atomic E-state index is 0.0604. The van der Waals surface area contributed by atoms with Crippen molar-refractivity contribution in [2.24, 2.45) is 5.92 Å². The minimum Gasteiger partial charge on any atom is -0.360 e. The molecule has 3 rings (SSSR count). The van der Waals surface area contributed by atoms with Crippen molar-refractivity contribution in [2.45, 2.75) is 57.4 Å². The van der Waals surface area contributed by atoms with E-state index in [2.05, 4.69) is 12.1 Å². The standard InChI is InChI=1S/C16H25N3O4S/c1-11-6-9-18(10-7-11)16(20)14-5-4-8-19(14)24(21,22)15-12(2)17-23-13(15)3/h11,14H,4-10H2,1-3H3/t14-/m0/s1. The van der Waals surface area contributed by atoms with Crippen LogP contribution in [0.4, 0.5) is 0 Å².